The van der Waals surface area contributed by atoms with Crippen molar-refractivity contribution in [3.63, 3.8) is 0 Å². The molecule has 37 heavy (non-hydrogen) atoms. The lowest BCUT2D eigenvalue weighted by molar-refractivity contribution is 0.0404. The number of ether oxygens (including phenoxy) is 1. The highest BCUT2D eigenvalue weighted by molar-refractivity contribution is 5.95. The summed E-state index contributed by atoms with van der Waals surface area (Å²) >= 11 is 0. The van der Waals surface area contributed by atoms with Crippen molar-refractivity contribution in [3.05, 3.63) is 58.6 Å². The Kier molecular flexibility index (Phi) is 9.75. The zero-order chi connectivity index (χ0) is 26.1. The zero-order valence-corrected chi connectivity index (χ0v) is 22.9. The van der Waals surface area contributed by atoms with Crippen LogP contribution >= 0.6 is 0 Å². The van der Waals surface area contributed by atoms with Crippen molar-refractivity contribution in [3.8, 4) is 11.1 Å². The number of H-pyrrole nitrogens is 1. The lowest BCUT2D eigenvalue weighted by Crippen LogP contribution is -2.27. The van der Waals surface area contributed by atoms with Crippen LogP contribution in [0.2, 0.25) is 0 Å². The van der Waals surface area contributed by atoms with E-state index in [1.165, 1.54) is 57.8 Å². The highest BCUT2D eigenvalue weighted by Gasteiger charge is 2.24. The van der Waals surface area contributed by atoms with Gasteiger partial charge >= 0.3 is 0 Å². The molecule has 0 atom stereocenters. The third-order valence-electron chi connectivity index (χ3n) is 7.21. The Bertz CT molecular complexity index is 1180. The normalized spacial score (nSPS) is 13.7. The molecule has 0 amide bonds. The first kappa shape index (κ1) is 27.3. The maximum atomic E-state index is 12.8. The van der Waals surface area contributed by atoms with Crippen LogP contribution in [0.1, 0.15) is 90.5 Å². The van der Waals surface area contributed by atoms with Crippen LogP contribution in [-0.4, -0.2) is 28.3 Å². The third kappa shape index (κ3) is 8.14. The molecule has 0 bridgehead atoms. The molecule has 0 fully saturated rings. The van der Waals surface area contributed by atoms with Crippen LogP contribution in [0.4, 0.5) is 5.69 Å². The molecule has 4 rings (SSSR count). The van der Waals surface area contributed by atoms with Gasteiger partial charge in [-0.1, -0.05) is 84.3 Å². The Morgan fingerprint density at radius 1 is 0.892 bits per heavy atom. The van der Waals surface area contributed by atoms with Gasteiger partial charge in [-0.25, -0.2) is 0 Å². The molecule has 3 heterocycles. The van der Waals surface area contributed by atoms with Gasteiger partial charge in [0.05, 0.1) is 23.3 Å². The number of fused-ring (bicyclic) bond motifs is 3. The molecule has 2 aromatic heterocycles. The van der Waals surface area contributed by atoms with E-state index in [2.05, 4.69) is 48.3 Å². The summed E-state index contributed by atoms with van der Waals surface area (Å²) in [7, 11) is 0. The van der Waals surface area contributed by atoms with E-state index in [0.717, 1.165) is 46.3 Å². The predicted octanol–water partition coefficient (Wildman–Crippen LogP) is 7.65. The molecule has 6 nitrogen and oxygen atoms in total. The van der Waals surface area contributed by atoms with Gasteiger partial charge in [0, 0.05) is 24.4 Å². The lowest BCUT2D eigenvalue weighted by Gasteiger charge is -2.17. The van der Waals surface area contributed by atoms with E-state index >= 15 is 0 Å². The van der Waals surface area contributed by atoms with Crippen LogP contribution in [-0.2, 0) is 11.3 Å². The Balaban J connectivity index is 1.13. The SMILES string of the molecule is CC(C)(C)CCCCCCCCCCCOCN1Cc2c(c3ccc(-c4ccncc4)cc3[nH]c2=O)N1. The number of pyridine rings is 2. The molecule has 1 aliphatic rings. The number of aromatic amines is 1. The van der Waals surface area contributed by atoms with Crippen LogP contribution in [0, 0.1) is 5.41 Å². The summed E-state index contributed by atoms with van der Waals surface area (Å²) in [6, 6.07) is 10.1. The number of nitrogens with one attached hydrogen (secondary N) is 2. The van der Waals surface area contributed by atoms with Crippen LogP contribution < -0.4 is 11.0 Å². The van der Waals surface area contributed by atoms with Gasteiger partial charge in [0.1, 0.15) is 6.73 Å². The highest BCUT2D eigenvalue weighted by atomic mass is 16.5. The molecule has 1 aromatic carbocycles. The number of nitrogens with zero attached hydrogens (tertiary/aromatic N) is 2. The molecule has 0 aliphatic carbocycles. The van der Waals surface area contributed by atoms with Gasteiger partial charge in [-0.2, -0.15) is 5.01 Å². The van der Waals surface area contributed by atoms with Gasteiger partial charge in [-0.05, 0) is 47.6 Å². The van der Waals surface area contributed by atoms with Crippen molar-refractivity contribution in [1.29, 1.82) is 0 Å². The first-order valence-corrected chi connectivity index (χ1v) is 14.1. The number of hydrogen-bond donors (Lipinski definition) is 2. The molecule has 0 spiro atoms. The van der Waals surface area contributed by atoms with E-state index in [-0.39, 0.29) is 5.56 Å². The van der Waals surface area contributed by atoms with E-state index in [0.29, 0.717) is 18.7 Å². The fourth-order valence-electron chi connectivity index (χ4n) is 5.08. The Morgan fingerprint density at radius 3 is 2.27 bits per heavy atom. The standard InChI is InChI=1S/C31H44N4O2/c1-31(2,3)17-11-9-7-5-4-6-8-10-12-20-37-23-35-22-27-29(34-35)26-14-13-25(21-28(26)33-30(27)36)24-15-18-32-19-16-24/h13-16,18-19,21,34H,4-12,17,20,22-23H2,1-3H3,(H,33,36). The quantitative estimate of drug-likeness (QED) is 0.221. The Labute approximate surface area is 221 Å². The maximum Gasteiger partial charge on any atom is 0.255 e. The van der Waals surface area contributed by atoms with Gasteiger partial charge in [0.25, 0.3) is 5.56 Å². The molecule has 3 aromatic rings. The van der Waals surface area contributed by atoms with Crippen molar-refractivity contribution in [1.82, 2.24) is 15.0 Å². The fraction of sp³-hybridized carbons (Fsp3) is 0.548. The van der Waals surface area contributed by atoms with E-state index < -0.39 is 0 Å². The second-order valence-electron chi connectivity index (χ2n) is 11.6. The molecular formula is C31H44N4O2. The summed E-state index contributed by atoms with van der Waals surface area (Å²) < 4.78 is 5.92. The Hall–Kier alpha value is -2.70. The van der Waals surface area contributed by atoms with Gasteiger partial charge in [-0.15, -0.1) is 0 Å². The summed E-state index contributed by atoms with van der Waals surface area (Å²) in [6.45, 7) is 8.77. The number of hydrogen-bond acceptors (Lipinski definition) is 5. The topological polar surface area (TPSA) is 70.2 Å². The molecule has 1 aliphatic heterocycles. The van der Waals surface area contributed by atoms with Gasteiger partial charge in [0.2, 0.25) is 0 Å². The molecule has 0 unspecified atom stereocenters. The van der Waals surface area contributed by atoms with E-state index in [1.54, 1.807) is 12.4 Å². The zero-order valence-electron chi connectivity index (χ0n) is 22.9. The number of aromatic nitrogens is 2. The van der Waals surface area contributed by atoms with Crippen LogP contribution in [0.25, 0.3) is 22.0 Å². The first-order valence-electron chi connectivity index (χ1n) is 14.1. The van der Waals surface area contributed by atoms with Crippen LogP contribution in [0.3, 0.4) is 0 Å². The van der Waals surface area contributed by atoms with E-state index in [4.69, 9.17) is 4.74 Å². The highest BCUT2D eigenvalue weighted by Crippen LogP contribution is 2.32. The monoisotopic (exact) mass is 504 g/mol. The largest absolute Gasteiger partial charge is 0.364 e. The first-order chi connectivity index (χ1) is 17.9. The molecule has 6 heteroatoms. The average Bonchev–Trinajstić information content (AvgIpc) is 3.31. The number of anilines is 1. The number of hydrazine groups is 1. The van der Waals surface area contributed by atoms with Crippen molar-refractivity contribution in [2.24, 2.45) is 5.41 Å². The minimum Gasteiger partial charge on any atom is -0.364 e. The van der Waals surface area contributed by atoms with Crippen LogP contribution in [0.5, 0.6) is 0 Å². The maximum absolute atomic E-state index is 12.8. The summed E-state index contributed by atoms with van der Waals surface area (Å²) in [5.41, 5.74) is 8.47. The summed E-state index contributed by atoms with van der Waals surface area (Å²) in [6.07, 6.45) is 16.7. The van der Waals surface area contributed by atoms with Gasteiger partial charge in [-0.3, -0.25) is 9.78 Å². The number of rotatable bonds is 14. The van der Waals surface area contributed by atoms with Gasteiger partial charge < -0.3 is 15.1 Å². The molecule has 2 N–H and O–H groups in total. The smallest absolute Gasteiger partial charge is 0.255 e. The molecule has 0 saturated carbocycles. The van der Waals surface area contributed by atoms with E-state index in [1.807, 2.05) is 23.2 Å². The fourth-order valence-corrected chi connectivity index (χ4v) is 5.08. The molecule has 200 valence electrons. The second-order valence-corrected chi connectivity index (χ2v) is 11.6. The van der Waals surface area contributed by atoms with E-state index in [9.17, 15) is 4.79 Å². The third-order valence-corrected chi connectivity index (χ3v) is 7.21. The number of benzene rings is 1. The predicted molar refractivity (Wildman–Crippen MR) is 153 cm³/mol. The minimum absolute atomic E-state index is 0.0430. The molecule has 0 saturated heterocycles. The second kappa shape index (κ2) is 13.2. The van der Waals surface area contributed by atoms with Crippen LogP contribution in [0.15, 0.2) is 47.5 Å². The van der Waals surface area contributed by atoms with Crippen molar-refractivity contribution < 1.29 is 4.74 Å². The molecular weight excluding hydrogens is 460 g/mol. The number of unbranched alkanes of at least 4 members (excludes halogenated alkanes) is 8. The average molecular weight is 505 g/mol. The molecule has 0 radical (unpaired) electrons. The summed E-state index contributed by atoms with van der Waals surface area (Å²) in [5, 5.41) is 3.00. The van der Waals surface area contributed by atoms with Crippen molar-refractivity contribution in [2.45, 2.75) is 91.5 Å². The van der Waals surface area contributed by atoms with Crippen molar-refractivity contribution in [2.75, 3.05) is 18.8 Å². The minimum atomic E-state index is -0.0430. The Morgan fingerprint density at radius 2 is 1.57 bits per heavy atom. The van der Waals surface area contributed by atoms with Gasteiger partial charge in [0.15, 0.2) is 0 Å². The lowest BCUT2D eigenvalue weighted by atomic mass is 9.89. The van der Waals surface area contributed by atoms with Crippen molar-refractivity contribution >= 4 is 16.6 Å². The summed E-state index contributed by atoms with van der Waals surface area (Å²) in [4.78, 5) is 19.9. The summed E-state index contributed by atoms with van der Waals surface area (Å²) in [5.74, 6) is 0.